The van der Waals surface area contributed by atoms with Crippen LogP contribution in [0.15, 0.2) is 40.9 Å². The van der Waals surface area contributed by atoms with Gasteiger partial charge in [-0.3, -0.25) is 5.41 Å². The Labute approximate surface area is 136 Å². The molecule has 3 N–H and O–H groups in total. The van der Waals surface area contributed by atoms with Gasteiger partial charge in [0.2, 0.25) is 0 Å². The molecule has 0 aliphatic rings. The Morgan fingerprint density at radius 1 is 1.24 bits per heavy atom. The van der Waals surface area contributed by atoms with Crippen LogP contribution >= 0.6 is 27.5 Å². The molecule has 0 radical (unpaired) electrons. The van der Waals surface area contributed by atoms with Crippen LogP contribution in [-0.2, 0) is 6.61 Å². The number of ether oxygens (including phenoxy) is 2. The number of hydrogen-bond donors (Lipinski definition) is 2. The maximum absolute atomic E-state index is 7.39. The quantitative estimate of drug-likeness (QED) is 0.619. The lowest BCUT2D eigenvalue weighted by Gasteiger charge is -2.11. The summed E-state index contributed by atoms with van der Waals surface area (Å²) in [5, 5.41) is 7.78. The summed E-state index contributed by atoms with van der Waals surface area (Å²) in [6, 6.07) is 10.7. The van der Waals surface area contributed by atoms with E-state index in [1.165, 1.54) is 0 Å². The van der Waals surface area contributed by atoms with Gasteiger partial charge >= 0.3 is 0 Å². The molecule has 0 atom stereocenters. The predicted molar refractivity (Wildman–Crippen MR) is 87.5 cm³/mol. The van der Waals surface area contributed by atoms with Crippen molar-refractivity contribution in [3.05, 3.63) is 57.0 Å². The van der Waals surface area contributed by atoms with Gasteiger partial charge in [-0.2, -0.15) is 0 Å². The molecule has 0 amide bonds. The summed E-state index contributed by atoms with van der Waals surface area (Å²) < 4.78 is 11.8. The van der Waals surface area contributed by atoms with Crippen molar-refractivity contribution in [2.24, 2.45) is 5.73 Å². The maximum Gasteiger partial charge on any atom is 0.124 e. The molecule has 2 aromatic rings. The molecule has 4 nitrogen and oxygen atoms in total. The second kappa shape index (κ2) is 6.83. The van der Waals surface area contributed by atoms with Crippen LogP contribution in [0.5, 0.6) is 11.5 Å². The highest BCUT2D eigenvalue weighted by Crippen LogP contribution is 2.26. The summed E-state index contributed by atoms with van der Waals surface area (Å²) in [7, 11) is 1.62. The minimum atomic E-state index is -0.0675. The van der Waals surface area contributed by atoms with Crippen molar-refractivity contribution in [3.8, 4) is 11.5 Å². The fourth-order valence-electron chi connectivity index (χ4n) is 1.75. The molecule has 0 spiro atoms. The smallest absolute Gasteiger partial charge is 0.124 e. The molecule has 0 heterocycles. The van der Waals surface area contributed by atoms with Gasteiger partial charge in [0.05, 0.1) is 12.1 Å². The largest absolute Gasteiger partial charge is 0.497 e. The van der Waals surface area contributed by atoms with Crippen molar-refractivity contribution in [2.45, 2.75) is 6.61 Å². The molecule has 0 saturated heterocycles. The van der Waals surface area contributed by atoms with E-state index >= 15 is 0 Å². The summed E-state index contributed by atoms with van der Waals surface area (Å²) in [6.45, 7) is 0.369. The molecule has 0 aliphatic carbocycles. The van der Waals surface area contributed by atoms with Gasteiger partial charge in [-0.25, -0.2) is 0 Å². The molecule has 6 heteroatoms. The number of halogens is 2. The summed E-state index contributed by atoms with van der Waals surface area (Å²) in [6.07, 6.45) is 0. The summed E-state index contributed by atoms with van der Waals surface area (Å²) >= 11 is 9.53. The number of methoxy groups -OCH3 is 1. The predicted octanol–water partition coefficient (Wildman–Crippen LogP) is 3.97. The van der Waals surface area contributed by atoms with Crippen molar-refractivity contribution in [1.82, 2.24) is 0 Å². The molecule has 2 rings (SSSR count). The third kappa shape index (κ3) is 3.89. The first-order valence-corrected chi connectivity index (χ1v) is 7.27. The zero-order valence-electron chi connectivity index (χ0n) is 11.3. The van der Waals surface area contributed by atoms with Crippen LogP contribution < -0.4 is 15.2 Å². The van der Waals surface area contributed by atoms with Crippen LogP contribution in [0, 0.1) is 5.41 Å². The van der Waals surface area contributed by atoms with Crippen LogP contribution in [0.3, 0.4) is 0 Å². The molecule has 0 aromatic heterocycles. The summed E-state index contributed by atoms with van der Waals surface area (Å²) in [5.41, 5.74) is 6.87. The van der Waals surface area contributed by atoms with E-state index in [1.807, 2.05) is 18.2 Å². The van der Waals surface area contributed by atoms with Gasteiger partial charge < -0.3 is 15.2 Å². The Balaban J connectivity index is 2.13. The van der Waals surface area contributed by atoms with Gasteiger partial charge in [-0.15, -0.1) is 0 Å². The van der Waals surface area contributed by atoms with Crippen LogP contribution in [0.2, 0.25) is 5.02 Å². The number of benzene rings is 2. The van der Waals surface area contributed by atoms with E-state index in [0.29, 0.717) is 22.9 Å². The average molecular weight is 370 g/mol. The molecule has 0 saturated carbocycles. The molecule has 110 valence electrons. The molecule has 2 aromatic carbocycles. The standard InChI is InChI=1S/C15H14BrClN2O2/c1-20-10-3-5-13(16)9(6-10)8-21-11-2-4-12(15(18)19)14(17)7-11/h2-7H,8H2,1H3,(H3,18,19). The Morgan fingerprint density at radius 3 is 2.57 bits per heavy atom. The van der Waals surface area contributed by atoms with E-state index in [4.69, 9.17) is 32.2 Å². The number of nitrogens with one attached hydrogen (secondary N) is 1. The molecule has 0 bridgehead atoms. The Hall–Kier alpha value is -1.72. The molecule has 0 aliphatic heterocycles. The Kier molecular flexibility index (Phi) is 5.09. The third-order valence-electron chi connectivity index (χ3n) is 2.88. The Morgan fingerprint density at radius 2 is 1.95 bits per heavy atom. The summed E-state index contributed by atoms with van der Waals surface area (Å²) in [5.74, 6) is 1.31. The van der Waals surface area contributed by atoms with Crippen molar-refractivity contribution >= 4 is 33.4 Å². The molecule has 0 unspecified atom stereocenters. The highest BCUT2D eigenvalue weighted by atomic mass is 79.9. The second-order valence-electron chi connectivity index (χ2n) is 4.30. The first-order chi connectivity index (χ1) is 10.0. The van der Waals surface area contributed by atoms with Gasteiger partial charge in [0, 0.05) is 15.6 Å². The van der Waals surface area contributed by atoms with E-state index in [1.54, 1.807) is 25.3 Å². The number of amidine groups is 1. The lowest BCUT2D eigenvalue weighted by Crippen LogP contribution is -2.11. The SMILES string of the molecule is COc1ccc(Br)c(COc2ccc(C(=N)N)c(Cl)c2)c1. The fourth-order valence-corrected chi connectivity index (χ4v) is 2.39. The van der Waals surface area contributed by atoms with Crippen LogP contribution in [0.25, 0.3) is 0 Å². The van der Waals surface area contributed by atoms with Gasteiger partial charge in [0.15, 0.2) is 0 Å². The second-order valence-corrected chi connectivity index (χ2v) is 5.56. The lowest BCUT2D eigenvalue weighted by atomic mass is 10.2. The first-order valence-electron chi connectivity index (χ1n) is 6.10. The molecule has 21 heavy (non-hydrogen) atoms. The fraction of sp³-hybridized carbons (Fsp3) is 0.133. The number of hydrogen-bond acceptors (Lipinski definition) is 3. The van der Waals surface area contributed by atoms with Gasteiger partial charge in [0.25, 0.3) is 0 Å². The van der Waals surface area contributed by atoms with E-state index in [0.717, 1.165) is 15.8 Å². The van der Waals surface area contributed by atoms with Crippen LogP contribution in [0.1, 0.15) is 11.1 Å². The van der Waals surface area contributed by atoms with E-state index in [2.05, 4.69) is 15.9 Å². The highest BCUT2D eigenvalue weighted by Gasteiger charge is 2.07. The van der Waals surface area contributed by atoms with Gasteiger partial charge in [-0.05, 0) is 36.4 Å². The minimum Gasteiger partial charge on any atom is -0.497 e. The van der Waals surface area contributed by atoms with Gasteiger partial charge in [-0.1, -0.05) is 27.5 Å². The van der Waals surface area contributed by atoms with Crippen molar-refractivity contribution < 1.29 is 9.47 Å². The van der Waals surface area contributed by atoms with E-state index < -0.39 is 0 Å². The minimum absolute atomic E-state index is 0.0675. The van der Waals surface area contributed by atoms with Crippen molar-refractivity contribution in [1.29, 1.82) is 5.41 Å². The van der Waals surface area contributed by atoms with Crippen molar-refractivity contribution in [3.63, 3.8) is 0 Å². The zero-order valence-corrected chi connectivity index (χ0v) is 13.7. The maximum atomic E-state index is 7.39. The first kappa shape index (κ1) is 15.7. The number of rotatable bonds is 5. The van der Waals surface area contributed by atoms with E-state index in [9.17, 15) is 0 Å². The topological polar surface area (TPSA) is 68.3 Å². The highest BCUT2D eigenvalue weighted by molar-refractivity contribution is 9.10. The van der Waals surface area contributed by atoms with Crippen molar-refractivity contribution in [2.75, 3.05) is 7.11 Å². The molecular formula is C15H14BrClN2O2. The molecular weight excluding hydrogens is 356 g/mol. The van der Waals surface area contributed by atoms with Crippen LogP contribution in [0.4, 0.5) is 0 Å². The molecule has 0 fully saturated rings. The normalized spacial score (nSPS) is 10.2. The van der Waals surface area contributed by atoms with E-state index in [-0.39, 0.29) is 5.84 Å². The third-order valence-corrected chi connectivity index (χ3v) is 3.96. The Bertz CT molecular complexity index is 677. The number of nitrogens with two attached hydrogens (primary N) is 1. The monoisotopic (exact) mass is 368 g/mol. The average Bonchev–Trinajstić information content (AvgIpc) is 2.46. The zero-order chi connectivity index (χ0) is 15.4. The lowest BCUT2D eigenvalue weighted by molar-refractivity contribution is 0.304. The number of nitrogen functional groups attached to an aromatic ring is 1. The summed E-state index contributed by atoms with van der Waals surface area (Å²) in [4.78, 5) is 0. The van der Waals surface area contributed by atoms with Gasteiger partial charge in [0.1, 0.15) is 23.9 Å². The van der Waals surface area contributed by atoms with Crippen LogP contribution in [-0.4, -0.2) is 12.9 Å².